The summed E-state index contributed by atoms with van der Waals surface area (Å²) in [5.41, 5.74) is 8.62. The Hall–Kier alpha value is -3.20. The molecule has 3 heterocycles. The number of halogens is 1. The van der Waals surface area contributed by atoms with E-state index in [1.807, 2.05) is 26.0 Å². The molecule has 9 heteroatoms. The van der Waals surface area contributed by atoms with Crippen molar-refractivity contribution in [3.05, 3.63) is 47.9 Å². The number of likely N-dealkylation sites (N-methyl/N-ethyl adjacent to an activating group) is 1. The van der Waals surface area contributed by atoms with Crippen LogP contribution in [0.2, 0.25) is 0 Å². The second kappa shape index (κ2) is 12.1. The fourth-order valence-corrected chi connectivity index (χ4v) is 5.20. The molecular weight excluding hydrogens is 481 g/mol. The van der Waals surface area contributed by atoms with Crippen LogP contribution in [-0.2, 0) is 6.54 Å². The van der Waals surface area contributed by atoms with Crippen molar-refractivity contribution in [2.75, 3.05) is 36.8 Å². The molecule has 206 valence electrons. The van der Waals surface area contributed by atoms with Gasteiger partial charge in [0.25, 0.3) is 0 Å². The second-order valence-corrected chi connectivity index (χ2v) is 10.7. The molecule has 1 aliphatic rings. The molecule has 1 aromatic carbocycles. The van der Waals surface area contributed by atoms with Gasteiger partial charge in [-0.25, -0.2) is 19.3 Å². The Balaban J connectivity index is 1.57. The minimum absolute atomic E-state index is 0.0193. The number of benzene rings is 1. The Bertz CT molecular complexity index is 1220. The molecule has 0 unspecified atom stereocenters. The third-order valence-electron chi connectivity index (χ3n) is 7.35. The molecule has 0 aliphatic carbocycles. The Morgan fingerprint density at radius 1 is 1.16 bits per heavy atom. The molecule has 0 bridgehead atoms. The van der Waals surface area contributed by atoms with Crippen molar-refractivity contribution in [3.63, 3.8) is 0 Å². The fraction of sp³-hybridized carbons (Fsp3) is 0.552. The Morgan fingerprint density at radius 2 is 1.89 bits per heavy atom. The SMILES string of the molecule is CCN(CCn1cc(-c2ccc(F)c(C)c2)nc1C1CCN(c2ncnc(N)c2OC(C)C)CC1)C(C)C. The number of rotatable bonds is 10. The lowest BCUT2D eigenvalue weighted by Gasteiger charge is -2.34. The predicted octanol–water partition coefficient (Wildman–Crippen LogP) is 5.27. The van der Waals surface area contributed by atoms with Gasteiger partial charge in [0, 0.05) is 49.9 Å². The highest BCUT2D eigenvalue weighted by Crippen LogP contribution is 2.36. The van der Waals surface area contributed by atoms with Gasteiger partial charge in [-0.2, -0.15) is 0 Å². The Labute approximate surface area is 226 Å². The first kappa shape index (κ1) is 27.8. The third kappa shape index (κ3) is 6.26. The monoisotopic (exact) mass is 523 g/mol. The Kier molecular flexibility index (Phi) is 8.87. The van der Waals surface area contributed by atoms with Gasteiger partial charge in [-0.3, -0.25) is 4.90 Å². The zero-order valence-corrected chi connectivity index (χ0v) is 23.6. The molecule has 1 saturated heterocycles. The second-order valence-electron chi connectivity index (χ2n) is 10.7. The van der Waals surface area contributed by atoms with Crippen LogP contribution >= 0.6 is 0 Å². The molecule has 2 aromatic heterocycles. The highest BCUT2D eigenvalue weighted by molar-refractivity contribution is 5.63. The van der Waals surface area contributed by atoms with E-state index in [4.69, 9.17) is 15.5 Å². The number of aryl methyl sites for hydroxylation is 1. The van der Waals surface area contributed by atoms with E-state index in [0.29, 0.717) is 29.1 Å². The van der Waals surface area contributed by atoms with Gasteiger partial charge in [-0.05, 0) is 77.8 Å². The zero-order chi connectivity index (χ0) is 27.4. The van der Waals surface area contributed by atoms with Crippen molar-refractivity contribution in [2.24, 2.45) is 0 Å². The Morgan fingerprint density at radius 3 is 2.53 bits per heavy atom. The van der Waals surface area contributed by atoms with Gasteiger partial charge < -0.3 is 19.9 Å². The van der Waals surface area contributed by atoms with Gasteiger partial charge in [0.15, 0.2) is 11.6 Å². The topological polar surface area (TPSA) is 85.3 Å². The number of ether oxygens (including phenoxy) is 1. The molecule has 1 fully saturated rings. The van der Waals surface area contributed by atoms with Crippen molar-refractivity contribution < 1.29 is 9.13 Å². The van der Waals surface area contributed by atoms with Crippen LogP contribution in [0.3, 0.4) is 0 Å². The number of hydrogen-bond acceptors (Lipinski definition) is 7. The number of nitrogen functional groups attached to an aromatic ring is 1. The molecule has 0 amide bonds. The van der Waals surface area contributed by atoms with Gasteiger partial charge in [0.2, 0.25) is 5.75 Å². The van der Waals surface area contributed by atoms with Crippen molar-refractivity contribution in [1.29, 1.82) is 0 Å². The van der Waals surface area contributed by atoms with E-state index in [1.54, 1.807) is 6.92 Å². The number of piperidine rings is 1. The molecular formula is C29H42FN7O. The van der Waals surface area contributed by atoms with Crippen LogP contribution in [0.4, 0.5) is 16.0 Å². The molecule has 0 saturated carbocycles. The van der Waals surface area contributed by atoms with Crippen molar-refractivity contribution >= 4 is 11.6 Å². The maximum absolute atomic E-state index is 14.0. The molecule has 2 N–H and O–H groups in total. The average molecular weight is 524 g/mol. The number of aromatic nitrogens is 4. The van der Waals surface area contributed by atoms with Crippen LogP contribution in [0.5, 0.6) is 5.75 Å². The van der Waals surface area contributed by atoms with Crippen LogP contribution in [0.25, 0.3) is 11.3 Å². The molecule has 38 heavy (non-hydrogen) atoms. The molecule has 1 aliphatic heterocycles. The fourth-order valence-electron chi connectivity index (χ4n) is 5.20. The summed E-state index contributed by atoms with van der Waals surface area (Å²) < 4.78 is 22.2. The lowest BCUT2D eigenvalue weighted by atomic mass is 9.95. The summed E-state index contributed by atoms with van der Waals surface area (Å²) in [4.78, 5) is 18.5. The average Bonchev–Trinajstić information content (AvgIpc) is 3.31. The number of imidazole rings is 1. The minimum atomic E-state index is -0.192. The number of nitrogens with zero attached hydrogens (tertiary/aromatic N) is 6. The largest absolute Gasteiger partial charge is 0.484 e. The number of hydrogen-bond donors (Lipinski definition) is 1. The minimum Gasteiger partial charge on any atom is -0.484 e. The summed E-state index contributed by atoms with van der Waals surface area (Å²) in [6.07, 6.45) is 5.50. The van der Waals surface area contributed by atoms with E-state index >= 15 is 0 Å². The summed E-state index contributed by atoms with van der Waals surface area (Å²) in [5, 5.41) is 0. The summed E-state index contributed by atoms with van der Waals surface area (Å²) in [6.45, 7) is 16.9. The van der Waals surface area contributed by atoms with Crippen LogP contribution in [-0.4, -0.2) is 62.7 Å². The van der Waals surface area contributed by atoms with Crippen LogP contribution < -0.4 is 15.4 Å². The molecule has 8 nitrogen and oxygen atoms in total. The smallest absolute Gasteiger partial charge is 0.204 e. The molecule has 0 radical (unpaired) electrons. The van der Waals surface area contributed by atoms with Crippen LogP contribution in [0, 0.1) is 12.7 Å². The first-order chi connectivity index (χ1) is 18.2. The third-order valence-corrected chi connectivity index (χ3v) is 7.35. The van der Waals surface area contributed by atoms with E-state index in [-0.39, 0.29) is 11.9 Å². The maximum Gasteiger partial charge on any atom is 0.204 e. The van der Waals surface area contributed by atoms with Gasteiger partial charge in [0.05, 0.1) is 11.8 Å². The predicted molar refractivity (Wildman–Crippen MR) is 151 cm³/mol. The van der Waals surface area contributed by atoms with E-state index in [0.717, 1.165) is 68.5 Å². The first-order valence-corrected chi connectivity index (χ1v) is 13.8. The summed E-state index contributed by atoms with van der Waals surface area (Å²) in [7, 11) is 0. The summed E-state index contributed by atoms with van der Waals surface area (Å²) in [5.74, 6) is 2.90. The highest BCUT2D eigenvalue weighted by Gasteiger charge is 2.28. The lowest BCUT2D eigenvalue weighted by Crippen LogP contribution is -2.36. The number of nitrogens with two attached hydrogens (primary N) is 1. The van der Waals surface area contributed by atoms with E-state index in [9.17, 15) is 4.39 Å². The van der Waals surface area contributed by atoms with Gasteiger partial charge in [0.1, 0.15) is 18.0 Å². The van der Waals surface area contributed by atoms with E-state index < -0.39 is 0 Å². The van der Waals surface area contributed by atoms with Gasteiger partial charge in [-0.15, -0.1) is 0 Å². The van der Waals surface area contributed by atoms with Crippen molar-refractivity contribution in [2.45, 2.75) is 79.0 Å². The molecule has 3 aromatic rings. The van der Waals surface area contributed by atoms with Gasteiger partial charge in [-0.1, -0.05) is 6.92 Å². The standard InChI is InChI=1S/C29H42FN7O/c1-7-35(19(2)3)14-15-37-17-25(23-8-9-24(30)21(6)16-23)34-28(37)22-10-12-36(13-11-22)29-26(38-20(4)5)27(31)32-18-33-29/h8-9,16-20,22H,7,10-15H2,1-6H3,(H2,31,32,33). The highest BCUT2D eigenvalue weighted by atomic mass is 19.1. The summed E-state index contributed by atoms with van der Waals surface area (Å²) in [6, 6.07) is 5.72. The quantitative estimate of drug-likeness (QED) is 0.387. The van der Waals surface area contributed by atoms with Crippen LogP contribution in [0.15, 0.2) is 30.7 Å². The molecule has 0 spiro atoms. The summed E-state index contributed by atoms with van der Waals surface area (Å²) >= 11 is 0. The molecule has 0 atom stereocenters. The molecule has 4 rings (SSSR count). The van der Waals surface area contributed by atoms with E-state index in [2.05, 4.69) is 51.3 Å². The van der Waals surface area contributed by atoms with Crippen molar-refractivity contribution in [3.8, 4) is 17.0 Å². The van der Waals surface area contributed by atoms with Crippen molar-refractivity contribution in [1.82, 2.24) is 24.4 Å². The normalized spacial score (nSPS) is 14.7. The number of anilines is 2. The van der Waals surface area contributed by atoms with E-state index in [1.165, 1.54) is 12.4 Å². The first-order valence-electron chi connectivity index (χ1n) is 13.8. The van der Waals surface area contributed by atoms with Crippen LogP contribution in [0.1, 0.15) is 64.8 Å². The lowest BCUT2D eigenvalue weighted by molar-refractivity contribution is 0.223. The maximum atomic E-state index is 14.0. The zero-order valence-electron chi connectivity index (χ0n) is 23.6. The van der Waals surface area contributed by atoms with Gasteiger partial charge >= 0.3 is 0 Å².